The monoisotopic (exact) mass is 202 g/mol. The van der Waals surface area contributed by atoms with Gasteiger partial charge < -0.3 is 9.16 Å². The van der Waals surface area contributed by atoms with E-state index in [2.05, 4.69) is 26.2 Å². The Bertz CT molecular complexity index is 129. The van der Waals surface area contributed by atoms with Gasteiger partial charge in [0.2, 0.25) is 0 Å². The molecule has 0 radical (unpaired) electrons. The molecule has 0 unspecified atom stereocenters. The predicted octanol–water partition coefficient (Wildman–Crippen LogP) is 3.17. The molecule has 0 bridgehead atoms. The molecule has 2 nitrogen and oxygen atoms in total. The van der Waals surface area contributed by atoms with E-state index in [1.807, 2.05) is 6.08 Å². The SMILES string of the molecule is C=CCCCCOCO[Si](C)(C)C. The van der Waals surface area contributed by atoms with Crippen LogP contribution < -0.4 is 0 Å². The van der Waals surface area contributed by atoms with Crippen LogP contribution in [0, 0.1) is 0 Å². The molecule has 0 aromatic carbocycles. The van der Waals surface area contributed by atoms with Gasteiger partial charge >= 0.3 is 0 Å². The van der Waals surface area contributed by atoms with E-state index in [1.165, 1.54) is 0 Å². The fraction of sp³-hybridized carbons (Fsp3) is 0.800. The van der Waals surface area contributed by atoms with E-state index in [1.54, 1.807) is 0 Å². The second-order valence-corrected chi connectivity index (χ2v) is 8.58. The van der Waals surface area contributed by atoms with Crippen molar-refractivity contribution in [2.75, 3.05) is 13.4 Å². The van der Waals surface area contributed by atoms with Gasteiger partial charge in [-0.05, 0) is 38.9 Å². The first-order chi connectivity index (χ1) is 6.06. The van der Waals surface area contributed by atoms with Crippen molar-refractivity contribution in [2.45, 2.75) is 38.9 Å². The maximum Gasteiger partial charge on any atom is 0.186 e. The average Bonchev–Trinajstić information content (AvgIpc) is 2.01. The Morgan fingerprint density at radius 2 is 1.92 bits per heavy atom. The second-order valence-electron chi connectivity index (χ2n) is 4.07. The van der Waals surface area contributed by atoms with Crippen molar-refractivity contribution in [1.29, 1.82) is 0 Å². The van der Waals surface area contributed by atoms with Crippen LogP contribution in [0.5, 0.6) is 0 Å². The molecule has 0 saturated carbocycles. The highest BCUT2D eigenvalue weighted by Crippen LogP contribution is 2.02. The standard InChI is InChI=1S/C10H22O2Si/c1-5-6-7-8-9-11-10-12-13(2,3)4/h5H,1,6-10H2,2-4H3. The normalized spacial score (nSPS) is 11.6. The second kappa shape index (κ2) is 7.30. The van der Waals surface area contributed by atoms with Gasteiger partial charge in [0, 0.05) is 6.61 Å². The summed E-state index contributed by atoms with van der Waals surface area (Å²) >= 11 is 0. The lowest BCUT2D eigenvalue weighted by Gasteiger charge is -2.16. The largest absolute Gasteiger partial charge is 0.395 e. The first kappa shape index (κ1) is 12.9. The van der Waals surface area contributed by atoms with Crippen LogP contribution in [0.4, 0.5) is 0 Å². The Balaban J connectivity index is 3.04. The molecule has 0 rings (SSSR count). The fourth-order valence-electron chi connectivity index (χ4n) is 0.770. The summed E-state index contributed by atoms with van der Waals surface area (Å²) in [5, 5.41) is 0. The number of hydrogen-bond acceptors (Lipinski definition) is 2. The first-order valence-corrected chi connectivity index (χ1v) is 8.29. The van der Waals surface area contributed by atoms with E-state index < -0.39 is 8.32 Å². The highest BCUT2D eigenvalue weighted by molar-refractivity contribution is 6.69. The zero-order valence-electron chi connectivity index (χ0n) is 9.14. The van der Waals surface area contributed by atoms with Crippen LogP contribution in [0.1, 0.15) is 19.3 Å². The van der Waals surface area contributed by atoms with Crippen LogP contribution in [-0.4, -0.2) is 21.7 Å². The van der Waals surface area contributed by atoms with Gasteiger partial charge in [0.15, 0.2) is 8.32 Å². The van der Waals surface area contributed by atoms with Crippen molar-refractivity contribution in [3.63, 3.8) is 0 Å². The molecule has 0 N–H and O–H groups in total. The van der Waals surface area contributed by atoms with Crippen molar-refractivity contribution < 1.29 is 9.16 Å². The van der Waals surface area contributed by atoms with Crippen LogP contribution in [0.2, 0.25) is 19.6 Å². The summed E-state index contributed by atoms with van der Waals surface area (Å²) in [6.45, 7) is 11.4. The quantitative estimate of drug-likeness (QED) is 0.260. The maximum absolute atomic E-state index is 5.53. The summed E-state index contributed by atoms with van der Waals surface area (Å²) in [4.78, 5) is 0. The molecule has 78 valence electrons. The summed E-state index contributed by atoms with van der Waals surface area (Å²) in [6, 6.07) is 0. The maximum atomic E-state index is 5.53. The van der Waals surface area contributed by atoms with Crippen molar-refractivity contribution in [3.05, 3.63) is 12.7 Å². The number of allylic oxidation sites excluding steroid dienone is 1. The lowest BCUT2D eigenvalue weighted by atomic mass is 10.2. The van der Waals surface area contributed by atoms with Crippen molar-refractivity contribution in [1.82, 2.24) is 0 Å². The van der Waals surface area contributed by atoms with Crippen molar-refractivity contribution >= 4 is 8.32 Å². The molecule has 13 heavy (non-hydrogen) atoms. The summed E-state index contributed by atoms with van der Waals surface area (Å²) < 4.78 is 10.9. The molecule has 0 saturated heterocycles. The molecule has 0 aromatic rings. The molecule has 0 aliphatic carbocycles. The van der Waals surface area contributed by atoms with Gasteiger partial charge in [-0.2, -0.15) is 0 Å². The highest BCUT2D eigenvalue weighted by Gasteiger charge is 2.13. The molecule has 0 aliphatic rings. The third-order valence-electron chi connectivity index (χ3n) is 1.52. The zero-order chi connectivity index (χ0) is 10.2. The smallest absolute Gasteiger partial charge is 0.186 e. The van der Waals surface area contributed by atoms with Gasteiger partial charge in [-0.1, -0.05) is 6.08 Å². The van der Waals surface area contributed by atoms with Gasteiger partial charge in [-0.25, -0.2) is 0 Å². The minimum atomic E-state index is -1.37. The summed E-state index contributed by atoms with van der Waals surface area (Å²) in [5.74, 6) is 0. The molecule has 0 amide bonds. The minimum absolute atomic E-state index is 0.462. The van der Waals surface area contributed by atoms with E-state index in [0.29, 0.717) is 6.79 Å². The summed E-state index contributed by atoms with van der Waals surface area (Å²) in [5.41, 5.74) is 0. The summed E-state index contributed by atoms with van der Waals surface area (Å²) in [6.07, 6.45) is 5.29. The van der Waals surface area contributed by atoms with E-state index in [4.69, 9.17) is 9.16 Å². The van der Waals surface area contributed by atoms with Crippen LogP contribution in [-0.2, 0) is 9.16 Å². The third kappa shape index (κ3) is 11.9. The zero-order valence-corrected chi connectivity index (χ0v) is 10.1. The van der Waals surface area contributed by atoms with Crippen molar-refractivity contribution in [2.24, 2.45) is 0 Å². The van der Waals surface area contributed by atoms with Crippen molar-refractivity contribution in [3.8, 4) is 0 Å². The number of rotatable bonds is 8. The minimum Gasteiger partial charge on any atom is -0.395 e. The van der Waals surface area contributed by atoms with Gasteiger partial charge in [0.05, 0.1) is 0 Å². The highest BCUT2D eigenvalue weighted by atomic mass is 28.4. The van der Waals surface area contributed by atoms with Gasteiger partial charge in [0.1, 0.15) is 6.79 Å². The number of ether oxygens (including phenoxy) is 1. The number of hydrogen-bond donors (Lipinski definition) is 0. The third-order valence-corrected chi connectivity index (χ3v) is 2.51. The van der Waals surface area contributed by atoms with Crippen LogP contribution >= 0.6 is 0 Å². The van der Waals surface area contributed by atoms with Crippen LogP contribution in [0.25, 0.3) is 0 Å². The molecule has 0 heterocycles. The van der Waals surface area contributed by atoms with Gasteiger partial charge in [-0.15, -0.1) is 6.58 Å². The topological polar surface area (TPSA) is 18.5 Å². The van der Waals surface area contributed by atoms with E-state index in [0.717, 1.165) is 25.9 Å². The Kier molecular flexibility index (Phi) is 7.23. The lowest BCUT2D eigenvalue weighted by molar-refractivity contribution is 0.00906. The van der Waals surface area contributed by atoms with Gasteiger partial charge in [0.25, 0.3) is 0 Å². The van der Waals surface area contributed by atoms with Crippen LogP contribution in [0.15, 0.2) is 12.7 Å². The first-order valence-electron chi connectivity index (χ1n) is 4.89. The number of unbranched alkanes of at least 4 members (excludes halogenated alkanes) is 2. The molecule has 0 spiro atoms. The van der Waals surface area contributed by atoms with E-state index >= 15 is 0 Å². The molecule has 0 aliphatic heterocycles. The molecule has 3 heteroatoms. The Morgan fingerprint density at radius 3 is 2.46 bits per heavy atom. The summed E-state index contributed by atoms with van der Waals surface area (Å²) in [7, 11) is -1.37. The van der Waals surface area contributed by atoms with E-state index in [-0.39, 0.29) is 0 Å². The molecule has 0 atom stereocenters. The Morgan fingerprint density at radius 1 is 1.23 bits per heavy atom. The Labute approximate surface area is 83.1 Å². The van der Waals surface area contributed by atoms with E-state index in [9.17, 15) is 0 Å². The fourth-order valence-corrected chi connectivity index (χ4v) is 1.21. The molecular formula is C10H22O2Si. The average molecular weight is 202 g/mol. The predicted molar refractivity (Wildman–Crippen MR) is 59.3 cm³/mol. The molecular weight excluding hydrogens is 180 g/mol. The molecule has 0 fully saturated rings. The lowest BCUT2D eigenvalue weighted by Crippen LogP contribution is -2.26. The van der Waals surface area contributed by atoms with Crippen LogP contribution in [0.3, 0.4) is 0 Å². The molecule has 0 aromatic heterocycles. The Hall–Kier alpha value is -0.123. The van der Waals surface area contributed by atoms with Gasteiger partial charge in [-0.3, -0.25) is 0 Å².